The van der Waals surface area contributed by atoms with Crippen molar-refractivity contribution >= 4 is 51.8 Å². The summed E-state index contributed by atoms with van der Waals surface area (Å²) in [7, 11) is 5.53. The lowest BCUT2D eigenvalue weighted by Gasteiger charge is -2.26. The third kappa shape index (κ3) is 7.13. The number of aliphatic imine (C=N–C) groups is 1. The van der Waals surface area contributed by atoms with Crippen molar-refractivity contribution in [2.45, 2.75) is 38.3 Å². The van der Waals surface area contributed by atoms with Gasteiger partial charge >= 0.3 is 0 Å². The molecule has 25 heavy (non-hydrogen) atoms. The number of carbonyl (C=O) groups is 1. The molecule has 0 aromatic heterocycles. The van der Waals surface area contributed by atoms with E-state index in [1.54, 1.807) is 19.0 Å². The zero-order valence-corrected chi connectivity index (χ0v) is 19.1. The molecule has 1 N–H and O–H groups in total. The lowest BCUT2D eigenvalue weighted by molar-refractivity contribution is -0.127. The fourth-order valence-corrected chi connectivity index (χ4v) is 3.18. The van der Waals surface area contributed by atoms with Gasteiger partial charge in [0, 0.05) is 38.2 Å². The van der Waals surface area contributed by atoms with Crippen molar-refractivity contribution in [3.63, 3.8) is 0 Å². The van der Waals surface area contributed by atoms with E-state index in [-0.39, 0.29) is 36.4 Å². The third-order valence-corrected chi connectivity index (χ3v) is 5.05. The number of nitrogens with zero attached hydrogens (tertiary/aromatic N) is 3. The Labute approximate surface area is 176 Å². The van der Waals surface area contributed by atoms with Gasteiger partial charge in [-0.1, -0.05) is 47.0 Å². The van der Waals surface area contributed by atoms with Crippen LogP contribution in [0.1, 0.15) is 31.2 Å². The summed E-state index contributed by atoms with van der Waals surface area (Å²) in [6, 6.07) is 8.64. The van der Waals surface area contributed by atoms with E-state index in [1.807, 2.05) is 25.2 Å². The Balaban J connectivity index is 0.00000312. The molecule has 2 rings (SSSR count). The Hall–Kier alpha value is -0.830. The molecule has 140 valence electrons. The van der Waals surface area contributed by atoms with E-state index in [1.165, 1.54) is 31.2 Å². The first-order chi connectivity index (χ1) is 11.5. The van der Waals surface area contributed by atoms with E-state index < -0.39 is 0 Å². The van der Waals surface area contributed by atoms with Crippen molar-refractivity contribution in [2.75, 3.05) is 27.7 Å². The number of rotatable bonds is 5. The van der Waals surface area contributed by atoms with Crippen LogP contribution in [0, 0.1) is 0 Å². The molecular formula is C18H28BrIN4O. The predicted molar refractivity (Wildman–Crippen MR) is 117 cm³/mol. The van der Waals surface area contributed by atoms with Crippen LogP contribution in [-0.4, -0.2) is 55.4 Å². The van der Waals surface area contributed by atoms with E-state index in [0.29, 0.717) is 6.04 Å². The molecule has 1 fully saturated rings. The topological polar surface area (TPSA) is 47.9 Å². The van der Waals surface area contributed by atoms with Crippen LogP contribution in [0.25, 0.3) is 0 Å². The number of hydrogen-bond acceptors (Lipinski definition) is 2. The van der Waals surface area contributed by atoms with E-state index in [9.17, 15) is 4.79 Å². The molecule has 1 aromatic carbocycles. The standard InChI is InChI=1S/C18H27BrN4O.HI/c1-22(2)17(24)12-20-18(21-15-9-5-6-10-15)23(3)13-14-8-4-7-11-16(14)19;/h4,7-8,11,15H,5-6,9-10,12-13H2,1-3H3,(H,20,21);1H. The highest BCUT2D eigenvalue weighted by molar-refractivity contribution is 14.0. The molecule has 1 aromatic rings. The average Bonchev–Trinajstić information content (AvgIpc) is 3.06. The first kappa shape index (κ1) is 22.2. The maximum absolute atomic E-state index is 11.9. The minimum atomic E-state index is 0. The van der Waals surface area contributed by atoms with Crippen molar-refractivity contribution in [3.05, 3.63) is 34.3 Å². The molecule has 1 saturated carbocycles. The van der Waals surface area contributed by atoms with Gasteiger partial charge in [0.1, 0.15) is 6.54 Å². The Morgan fingerprint density at radius 1 is 1.24 bits per heavy atom. The number of carbonyl (C=O) groups excluding carboxylic acids is 1. The Morgan fingerprint density at radius 2 is 1.88 bits per heavy atom. The maximum atomic E-state index is 11.9. The highest BCUT2D eigenvalue weighted by Gasteiger charge is 2.19. The van der Waals surface area contributed by atoms with Gasteiger partial charge in [-0.2, -0.15) is 0 Å². The van der Waals surface area contributed by atoms with Crippen LogP contribution in [0.5, 0.6) is 0 Å². The number of guanidine groups is 1. The molecule has 1 aliphatic rings. The lowest BCUT2D eigenvalue weighted by Crippen LogP contribution is -2.43. The largest absolute Gasteiger partial charge is 0.353 e. The molecule has 0 bridgehead atoms. The lowest BCUT2D eigenvalue weighted by atomic mass is 10.2. The van der Waals surface area contributed by atoms with Crippen molar-refractivity contribution in [2.24, 2.45) is 4.99 Å². The number of likely N-dealkylation sites (N-methyl/N-ethyl adjacent to an activating group) is 1. The van der Waals surface area contributed by atoms with Gasteiger partial charge in [0.05, 0.1) is 0 Å². The second-order valence-electron chi connectivity index (χ2n) is 6.50. The summed E-state index contributed by atoms with van der Waals surface area (Å²) in [5.41, 5.74) is 1.19. The van der Waals surface area contributed by atoms with Crippen molar-refractivity contribution < 1.29 is 4.79 Å². The molecule has 0 radical (unpaired) electrons. The molecule has 5 nitrogen and oxygen atoms in total. The van der Waals surface area contributed by atoms with Crippen LogP contribution in [-0.2, 0) is 11.3 Å². The minimum Gasteiger partial charge on any atom is -0.353 e. The first-order valence-electron chi connectivity index (χ1n) is 8.43. The van der Waals surface area contributed by atoms with Crippen LogP contribution in [0.3, 0.4) is 0 Å². The molecule has 0 atom stereocenters. The summed E-state index contributed by atoms with van der Waals surface area (Å²) >= 11 is 3.60. The number of hydrogen-bond donors (Lipinski definition) is 1. The summed E-state index contributed by atoms with van der Waals surface area (Å²) in [5, 5.41) is 3.54. The van der Waals surface area contributed by atoms with Gasteiger partial charge in [-0.15, -0.1) is 24.0 Å². The normalized spacial score (nSPS) is 14.8. The monoisotopic (exact) mass is 522 g/mol. The van der Waals surface area contributed by atoms with Gasteiger partial charge in [-0.3, -0.25) is 4.79 Å². The third-order valence-electron chi connectivity index (χ3n) is 4.28. The summed E-state index contributed by atoms with van der Waals surface area (Å²) in [4.78, 5) is 20.1. The Kier molecular flexibility index (Phi) is 9.78. The average molecular weight is 523 g/mol. The van der Waals surface area contributed by atoms with Crippen molar-refractivity contribution in [1.29, 1.82) is 0 Å². The summed E-state index contributed by atoms with van der Waals surface area (Å²) in [6.07, 6.45) is 4.86. The Bertz CT molecular complexity index is 588. The molecule has 1 aliphatic carbocycles. The van der Waals surface area contributed by atoms with Gasteiger partial charge in [0.25, 0.3) is 0 Å². The van der Waals surface area contributed by atoms with Crippen LogP contribution in [0.15, 0.2) is 33.7 Å². The smallest absolute Gasteiger partial charge is 0.243 e. The second-order valence-corrected chi connectivity index (χ2v) is 7.36. The van der Waals surface area contributed by atoms with E-state index in [4.69, 9.17) is 0 Å². The highest BCUT2D eigenvalue weighted by atomic mass is 127. The van der Waals surface area contributed by atoms with Crippen molar-refractivity contribution in [3.8, 4) is 0 Å². The Morgan fingerprint density at radius 3 is 2.48 bits per heavy atom. The number of amides is 1. The molecular weight excluding hydrogens is 495 g/mol. The molecule has 7 heteroatoms. The molecule has 0 unspecified atom stereocenters. The number of benzene rings is 1. The quantitative estimate of drug-likeness (QED) is 0.366. The van der Waals surface area contributed by atoms with Crippen molar-refractivity contribution in [1.82, 2.24) is 15.1 Å². The zero-order chi connectivity index (χ0) is 17.5. The zero-order valence-electron chi connectivity index (χ0n) is 15.2. The molecule has 0 saturated heterocycles. The van der Waals surface area contributed by atoms with Gasteiger partial charge in [-0.25, -0.2) is 4.99 Å². The molecule has 0 heterocycles. The van der Waals surface area contributed by atoms with Gasteiger partial charge in [0.2, 0.25) is 5.91 Å². The van der Waals surface area contributed by atoms with Gasteiger partial charge in [0.15, 0.2) is 5.96 Å². The van der Waals surface area contributed by atoms with Gasteiger partial charge in [-0.05, 0) is 24.5 Å². The van der Waals surface area contributed by atoms with E-state index >= 15 is 0 Å². The van der Waals surface area contributed by atoms with E-state index in [2.05, 4.69) is 37.2 Å². The fraction of sp³-hybridized carbons (Fsp3) is 0.556. The van der Waals surface area contributed by atoms with Crippen LogP contribution in [0.2, 0.25) is 0 Å². The van der Waals surface area contributed by atoms with Crippen LogP contribution in [0.4, 0.5) is 0 Å². The summed E-state index contributed by atoms with van der Waals surface area (Å²) in [6.45, 7) is 0.901. The van der Waals surface area contributed by atoms with Crippen LogP contribution < -0.4 is 5.32 Å². The summed E-state index contributed by atoms with van der Waals surface area (Å²) in [5.74, 6) is 0.808. The first-order valence-corrected chi connectivity index (χ1v) is 9.22. The molecule has 0 spiro atoms. The summed E-state index contributed by atoms with van der Waals surface area (Å²) < 4.78 is 1.08. The minimum absolute atomic E-state index is 0. The SMILES string of the molecule is CN(C)C(=O)CN=C(NC1CCCC1)N(C)Cc1ccccc1Br.I. The predicted octanol–water partition coefficient (Wildman–Crippen LogP) is 3.48. The second kappa shape index (κ2) is 11.0. The van der Waals surface area contributed by atoms with Gasteiger partial charge < -0.3 is 15.1 Å². The van der Waals surface area contributed by atoms with E-state index in [0.717, 1.165) is 17.0 Å². The molecule has 0 aliphatic heterocycles. The van der Waals surface area contributed by atoms with Crippen LogP contribution >= 0.6 is 39.9 Å². The molecule has 1 amide bonds. The fourth-order valence-electron chi connectivity index (χ4n) is 2.77. The number of nitrogens with one attached hydrogen (secondary N) is 1. The number of halogens is 2. The highest BCUT2D eigenvalue weighted by Crippen LogP contribution is 2.19. The maximum Gasteiger partial charge on any atom is 0.243 e.